The van der Waals surface area contributed by atoms with Crippen molar-refractivity contribution in [1.29, 1.82) is 0 Å². The van der Waals surface area contributed by atoms with E-state index >= 15 is 0 Å². The average molecular weight is 296 g/mol. The molecule has 1 aromatic carbocycles. The summed E-state index contributed by atoms with van der Waals surface area (Å²) in [7, 11) is 0. The fraction of sp³-hybridized carbons (Fsp3) is 0.647. The molecule has 0 aliphatic heterocycles. The second-order valence-corrected chi connectivity index (χ2v) is 6.43. The average Bonchev–Trinajstić information content (AvgIpc) is 2.90. The maximum Gasteiger partial charge on any atom is 0.149 e. The van der Waals surface area contributed by atoms with E-state index in [1.165, 1.54) is 12.1 Å². The minimum atomic E-state index is -0.453. The van der Waals surface area contributed by atoms with E-state index in [0.717, 1.165) is 25.7 Å². The van der Waals surface area contributed by atoms with Crippen molar-refractivity contribution in [3.8, 4) is 0 Å². The minimum absolute atomic E-state index is 0.149. The van der Waals surface area contributed by atoms with Crippen LogP contribution in [0.4, 0.5) is 14.5 Å². The lowest BCUT2D eigenvalue weighted by Crippen LogP contribution is -2.37. The molecular weight excluding hydrogens is 270 g/mol. The molecule has 0 heterocycles. The van der Waals surface area contributed by atoms with Crippen LogP contribution < -0.4 is 10.6 Å². The number of nitrogens with two attached hydrogens (primary N) is 1. The van der Waals surface area contributed by atoms with E-state index in [1.54, 1.807) is 0 Å². The fourth-order valence-electron chi connectivity index (χ4n) is 3.24. The predicted octanol–water partition coefficient (Wildman–Crippen LogP) is 3.87. The van der Waals surface area contributed by atoms with Gasteiger partial charge < -0.3 is 10.6 Å². The molecule has 0 amide bonds. The molecule has 0 spiro atoms. The van der Waals surface area contributed by atoms with Crippen molar-refractivity contribution >= 4 is 5.69 Å². The zero-order chi connectivity index (χ0) is 15.4. The van der Waals surface area contributed by atoms with E-state index < -0.39 is 11.6 Å². The second-order valence-electron chi connectivity index (χ2n) is 6.43. The largest absolute Gasteiger partial charge is 0.364 e. The number of rotatable bonds is 6. The Kier molecular flexibility index (Phi) is 5.57. The van der Waals surface area contributed by atoms with Crippen LogP contribution in [0.25, 0.3) is 0 Å². The van der Waals surface area contributed by atoms with Crippen LogP contribution in [0.5, 0.6) is 0 Å². The molecule has 4 heteroatoms. The molecule has 1 aliphatic carbocycles. The van der Waals surface area contributed by atoms with Crippen molar-refractivity contribution in [3.05, 3.63) is 29.3 Å². The maximum atomic E-state index is 14.5. The third-order valence-corrected chi connectivity index (χ3v) is 4.12. The third-order valence-electron chi connectivity index (χ3n) is 4.12. The van der Waals surface area contributed by atoms with Gasteiger partial charge in [-0.3, -0.25) is 0 Å². The van der Waals surface area contributed by atoms with E-state index in [4.69, 9.17) is 5.73 Å². The van der Waals surface area contributed by atoms with E-state index in [0.29, 0.717) is 31.0 Å². The van der Waals surface area contributed by atoms with Crippen LogP contribution in [0.15, 0.2) is 12.1 Å². The lowest BCUT2D eigenvalue weighted by atomic mass is 10.1. The van der Waals surface area contributed by atoms with E-state index in [1.807, 2.05) is 4.90 Å². The van der Waals surface area contributed by atoms with Crippen LogP contribution in [0.1, 0.15) is 45.1 Å². The highest BCUT2D eigenvalue weighted by Gasteiger charge is 2.28. The van der Waals surface area contributed by atoms with Crippen molar-refractivity contribution in [2.75, 3.05) is 18.0 Å². The molecule has 2 rings (SSSR count). The van der Waals surface area contributed by atoms with Gasteiger partial charge in [0.1, 0.15) is 17.3 Å². The lowest BCUT2D eigenvalue weighted by molar-refractivity contribution is 0.500. The summed E-state index contributed by atoms with van der Waals surface area (Å²) in [5.74, 6) is -0.537. The molecule has 21 heavy (non-hydrogen) atoms. The highest BCUT2D eigenvalue weighted by Crippen LogP contribution is 2.33. The highest BCUT2D eigenvalue weighted by molar-refractivity contribution is 5.52. The molecule has 0 unspecified atom stereocenters. The number of nitrogens with zero attached hydrogens (tertiary/aromatic N) is 1. The normalized spacial score (nSPS) is 15.9. The zero-order valence-electron chi connectivity index (χ0n) is 13.0. The van der Waals surface area contributed by atoms with Crippen LogP contribution in [0.3, 0.4) is 0 Å². The van der Waals surface area contributed by atoms with Crippen molar-refractivity contribution < 1.29 is 8.78 Å². The van der Waals surface area contributed by atoms with E-state index in [9.17, 15) is 8.78 Å². The summed E-state index contributed by atoms with van der Waals surface area (Å²) in [6.07, 6.45) is 4.84. The Labute approximate surface area is 126 Å². The van der Waals surface area contributed by atoms with Gasteiger partial charge in [0.05, 0.1) is 0 Å². The van der Waals surface area contributed by atoms with Crippen molar-refractivity contribution in [2.45, 2.75) is 52.0 Å². The number of halogens is 2. The second kappa shape index (κ2) is 7.21. The van der Waals surface area contributed by atoms with E-state index in [-0.39, 0.29) is 11.7 Å². The Morgan fingerprint density at radius 2 is 1.76 bits per heavy atom. The van der Waals surface area contributed by atoms with E-state index in [2.05, 4.69) is 13.8 Å². The summed E-state index contributed by atoms with van der Waals surface area (Å²) in [6, 6.07) is 3.14. The quantitative estimate of drug-likeness (QED) is 0.863. The van der Waals surface area contributed by atoms with Gasteiger partial charge in [0.15, 0.2) is 0 Å². The van der Waals surface area contributed by atoms with Gasteiger partial charge in [-0.15, -0.1) is 0 Å². The van der Waals surface area contributed by atoms with Crippen LogP contribution in [-0.4, -0.2) is 19.1 Å². The first-order valence-electron chi connectivity index (χ1n) is 7.97. The summed E-state index contributed by atoms with van der Waals surface area (Å²) in [5, 5.41) is 0. The number of anilines is 1. The summed E-state index contributed by atoms with van der Waals surface area (Å²) < 4.78 is 28.9. The van der Waals surface area contributed by atoms with Crippen LogP contribution in [-0.2, 0) is 6.42 Å². The van der Waals surface area contributed by atoms with Gasteiger partial charge >= 0.3 is 0 Å². The summed E-state index contributed by atoms with van der Waals surface area (Å²) >= 11 is 0. The Morgan fingerprint density at radius 3 is 2.24 bits per heavy atom. The highest BCUT2D eigenvalue weighted by atomic mass is 19.1. The first-order chi connectivity index (χ1) is 10.0. The molecule has 118 valence electrons. The van der Waals surface area contributed by atoms with Crippen LogP contribution >= 0.6 is 0 Å². The fourth-order valence-corrected chi connectivity index (χ4v) is 3.24. The lowest BCUT2D eigenvalue weighted by Gasteiger charge is -2.33. The Balaban J connectivity index is 2.34. The Bertz CT molecular complexity index is 445. The van der Waals surface area contributed by atoms with Crippen LogP contribution in [0.2, 0.25) is 0 Å². The van der Waals surface area contributed by atoms with Gasteiger partial charge in [-0.05, 0) is 49.4 Å². The Morgan fingerprint density at radius 1 is 1.19 bits per heavy atom. The van der Waals surface area contributed by atoms with Gasteiger partial charge in [0.2, 0.25) is 0 Å². The number of benzene rings is 1. The first-order valence-corrected chi connectivity index (χ1v) is 7.97. The van der Waals surface area contributed by atoms with Gasteiger partial charge in [0.25, 0.3) is 0 Å². The zero-order valence-corrected chi connectivity index (χ0v) is 13.0. The predicted molar refractivity (Wildman–Crippen MR) is 83.6 cm³/mol. The molecule has 0 bridgehead atoms. The monoisotopic (exact) mass is 296 g/mol. The number of hydrogen-bond acceptors (Lipinski definition) is 2. The van der Waals surface area contributed by atoms with Crippen molar-refractivity contribution in [1.82, 2.24) is 0 Å². The van der Waals surface area contributed by atoms with Gasteiger partial charge in [-0.2, -0.15) is 0 Å². The molecule has 1 aliphatic rings. The standard InChI is InChI=1S/C17H26F2N2/c1-12(2)11-21(14-5-3-4-6-14)17-15(18)9-13(7-8-20)10-16(17)19/h9-10,12,14H,3-8,11,20H2,1-2H3. The molecule has 2 nitrogen and oxygen atoms in total. The van der Waals surface area contributed by atoms with Crippen LogP contribution in [0, 0.1) is 17.6 Å². The molecule has 1 saturated carbocycles. The molecule has 1 fully saturated rings. The molecule has 0 aromatic heterocycles. The van der Waals surface area contributed by atoms with Gasteiger partial charge in [-0.1, -0.05) is 26.7 Å². The summed E-state index contributed by atoms with van der Waals surface area (Å²) in [5.41, 5.74) is 6.25. The third kappa shape index (κ3) is 3.94. The number of hydrogen-bond donors (Lipinski definition) is 1. The van der Waals surface area contributed by atoms with Crippen molar-refractivity contribution in [3.63, 3.8) is 0 Å². The minimum Gasteiger partial charge on any atom is -0.364 e. The molecule has 0 atom stereocenters. The SMILES string of the molecule is CC(C)CN(c1c(F)cc(CCN)cc1F)C1CCCC1. The van der Waals surface area contributed by atoms with Crippen molar-refractivity contribution in [2.24, 2.45) is 11.7 Å². The summed E-state index contributed by atoms with van der Waals surface area (Å²) in [4.78, 5) is 1.95. The maximum absolute atomic E-state index is 14.5. The molecule has 2 N–H and O–H groups in total. The first kappa shape index (κ1) is 16.2. The van der Waals surface area contributed by atoms with Gasteiger partial charge in [-0.25, -0.2) is 8.78 Å². The topological polar surface area (TPSA) is 29.3 Å². The Hall–Kier alpha value is -1.16. The molecule has 0 radical (unpaired) electrons. The molecule has 1 aromatic rings. The molecule has 0 saturated heterocycles. The smallest absolute Gasteiger partial charge is 0.149 e. The van der Waals surface area contributed by atoms with Gasteiger partial charge in [0, 0.05) is 12.6 Å². The summed E-state index contributed by atoms with van der Waals surface area (Å²) in [6.45, 7) is 5.26. The molecular formula is C17H26F2N2.